The Hall–Kier alpha value is -2.08. The summed E-state index contributed by atoms with van der Waals surface area (Å²) in [6.07, 6.45) is 1.07. The van der Waals surface area contributed by atoms with Crippen LogP contribution in [-0.4, -0.2) is 66.1 Å². The molecule has 1 aliphatic heterocycles. The second kappa shape index (κ2) is 7.44. The molecule has 0 radical (unpaired) electrons. The summed E-state index contributed by atoms with van der Waals surface area (Å²) in [5.41, 5.74) is 1.20. The van der Waals surface area contributed by atoms with Gasteiger partial charge in [-0.25, -0.2) is 0 Å². The number of carboxylic acid groups (broad SMARTS) is 1. The van der Waals surface area contributed by atoms with Gasteiger partial charge in [0, 0.05) is 38.1 Å². The summed E-state index contributed by atoms with van der Waals surface area (Å²) >= 11 is 0. The van der Waals surface area contributed by atoms with E-state index in [1.54, 1.807) is 7.11 Å². The summed E-state index contributed by atoms with van der Waals surface area (Å²) in [4.78, 5) is 27.6. The van der Waals surface area contributed by atoms with Gasteiger partial charge < -0.3 is 14.7 Å². The number of hydrogen-bond acceptors (Lipinski definition) is 4. The average Bonchev–Trinajstić information content (AvgIpc) is 3.41. The molecule has 0 spiro atoms. The zero-order valence-corrected chi connectivity index (χ0v) is 14.9. The molecule has 136 valence electrons. The fourth-order valence-corrected chi connectivity index (χ4v) is 3.69. The van der Waals surface area contributed by atoms with Crippen molar-refractivity contribution in [2.45, 2.75) is 31.7 Å². The molecule has 0 bridgehead atoms. The minimum absolute atomic E-state index is 0.0164. The van der Waals surface area contributed by atoms with E-state index in [0.29, 0.717) is 19.0 Å². The third-order valence-electron chi connectivity index (χ3n) is 5.37. The topological polar surface area (TPSA) is 70.1 Å². The molecule has 6 nitrogen and oxygen atoms in total. The van der Waals surface area contributed by atoms with Crippen molar-refractivity contribution in [1.82, 2.24) is 9.80 Å². The van der Waals surface area contributed by atoms with Crippen molar-refractivity contribution in [2.75, 3.05) is 33.3 Å². The highest BCUT2D eigenvalue weighted by molar-refractivity contribution is 5.83. The lowest BCUT2D eigenvalue weighted by atomic mass is 10.1. The molecule has 6 heteroatoms. The van der Waals surface area contributed by atoms with E-state index >= 15 is 0 Å². The highest BCUT2D eigenvalue weighted by atomic mass is 16.5. The van der Waals surface area contributed by atoms with Crippen molar-refractivity contribution in [3.05, 3.63) is 29.8 Å². The Balaban J connectivity index is 1.49. The Morgan fingerprint density at radius 1 is 1.20 bits per heavy atom. The minimum atomic E-state index is -0.772. The molecule has 1 N–H and O–H groups in total. The van der Waals surface area contributed by atoms with E-state index in [0.717, 1.165) is 25.3 Å². The van der Waals surface area contributed by atoms with Crippen molar-refractivity contribution < 1.29 is 19.4 Å². The summed E-state index contributed by atoms with van der Waals surface area (Å²) in [5.74, 6) is 0.718. The number of amides is 1. The number of piperazine rings is 1. The van der Waals surface area contributed by atoms with Gasteiger partial charge in [-0.3, -0.25) is 14.5 Å². The zero-order valence-electron chi connectivity index (χ0n) is 14.9. The molecular formula is C19H26N2O4. The number of carbonyl (C=O) groups is 2. The van der Waals surface area contributed by atoms with E-state index in [1.807, 2.05) is 36.1 Å². The van der Waals surface area contributed by atoms with Gasteiger partial charge in [0.15, 0.2) is 0 Å². The smallest absolute Gasteiger partial charge is 0.304 e. The molecule has 1 saturated carbocycles. The third kappa shape index (κ3) is 4.12. The minimum Gasteiger partial charge on any atom is -0.497 e. The van der Waals surface area contributed by atoms with Crippen LogP contribution in [0.15, 0.2) is 24.3 Å². The molecule has 1 aliphatic carbocycles. The summed E-state index contributed by atoms with van der Waals surface area (Å²) in [7, 11) is 1.65. The standard InChI is InChI=1S/C19H26N2O4/c1-13(11-18(22)23)20-7-9-21(10-8-20)19(24)17-12-16(17)14-3-5-15(25-2)6-4-14/h3-6,13,16-17H,7-12H2,1-2H3,(H,22,23)/t13?,16-,17+/m0/s1. The van der Waals surface area contributed by atoms with Gasteiger partial charge in [0.25, 0.3) is 0 Å². The number of benzene rings is 1. The molecule has 3 atom stereocenters. The molecule has 1 aromatic rings. The van der Waals surface area contributed by atoms with Gasteiger partial charge in [-0.1, -0.05) is 12.1 Å². The highest BCUT2D eigenvalue weighted by Gasteiger charge is 2.46. The van der Waals surface area contributed by atoms with Crippen molar-refractivity contribution in [3.63, 3.8) is 0 Å². The Morgan fingerprint density at radius 2 is 1.84 bits per heavy atom. The van der Waals surface area contributed by atoms with Gasteiger partial charge in [0.2, 0.25) is 5.91 Å². The molecule has 1 heterocycles. The number of carbonyl (C=O) groups excluding carboxylic acids is 1. The van der Waals surface area contributed by atoms with Crippen molar-refractivity contribution >= 4 is 11.9 Å². The molecule has 1 saturated heterocycles. The monoisotopic (exact) mass is 346 g/mol. The second-order valence-corrected chi connectivity index (χ2v) is 7.03. The Kier molecular flexibility index (Phi) is 5.27. The van der Waals surface area contributed by atoms with Gasteiger partial charge in [-0.15, -0.1) is 0 Å². The Morgan fingerprint density at radius 3 is 2.40 bits per heavy atom. The molecule has 2 aliphatic rings. The van der Waals surface area contributed by atoms with Crippen LogP contribution >= 0.6 is 0 Å². The lowest BCUT2D eigenvalue weighted by molar-refractivity contribution is -0.140. The Bertz CT molecular complexity index is 623. The van der Waals surface area contributed by atoms with Crippen LogP contribution in [0, 0.1) is 5.92 Å². The van der Waals surface area contributed by atoms with Crippen molar-refractivity contribution in [2.24, 2.45) is 5.92 Å². The first-order valence-corrected chi connectivity index (χ1v) is 8.88. The van der Waals surface area contributed by atoms with Crippen LogP contribution in [0.2, 0.25) is 0 Å². The lowest BCUT2D eigenvalue weighted by Gasteiger charge is -2.37. The maximum Gasteiger partial charge on any atom is 0.304 e. The van der Waals surface area contributed by atoms with Crippen LogP contribution in [0.5, 0.6) is 5.75 Å². The summed E-state index contributed by atoms with van der Waals surface area (Å²) in [5, 5.41) is 8.91. The van der Waals surface area contributed by atoms with Crippen LogP contribution in [0.4, 0.5) is 0 Å². The summed E-state index contributed by atoms with van der Waals surface area (Å²) < 4.78 is 5.18. The first-order valence-electron chi connectivity index (χ1n) is 8.88. The first kappa shape index (κ1) is 17.7. The first-order chi connectivity index (χ1) is 12.0. The number of ether oxygens (including phenoxy) is 1. The van der Waals surface area contributed by atoms with Gasteiger partial charge in [-0.2, -0.15) is 0 Å². The van der Waals surface area contributed by atoms with Gasteiger partial charge >= 0.3 is 5.97 Å². The number of hydrogen-bond donors (Lipinski definition) is 1. The number of rotatable bonds is 6. The molecule has 3 rings (SSSR count). The van der Waals surface area contributed by atoms with Crippen LogP contribution < -0.4 is 4.74 Å². The number of aliphatic carboxylic acids is 1. The van der Waals surface area contributed by atoms with Gasteiger partial charge in [-0.05, 0) is 37.0 Å². The lowest BCUT2D eigenvalue weighted by Crippen LogP contribution is -2.52. The maximum absolute atomic E-state index is 12.7. The van der Waals surface area contributed by atoms with Crippen molar-refractivity contribution in [1.29, 1.82) is 0 Å². The van der Waals surface area contributed by atoms with Crippen LogP contribution in [-0.2, 0) is 9.59 Å². The largest absolute Gasteiger partial charge is 0.497 e. The predicted octanol–water partition coefficient (Wildman–Crippen LogP) is 1.81. The molecule has 25 heavy (non-hydrogen) atoms. The SMILES string of the molecule is COc1ccc([C@@H]2C[C@H]2C(=O)N2CCN(C(C)CC(=O)O)CC2)cc1. The number of carboxylic acids is 1. The maximum atomic E-state index is 12.7. The van der Waals surface area contributed by atoms with E-state index in [-0.39, 0.29) is 24.3 Å². The van der Waals surface area contributed by atoms with E-state index in [4.69, 9.17) is 9.84 Å². The average molecular weight is 346 g/mol. The van der Waals surface area contributed by atoms with Crippen molar-refractivity contribution in [3.8, 4) is 5.75 Å². The van der Waals surface area contributed by atoms with Gasteiger partial charge in [0.1, 0.15) is 5.75 Å². The summed E-state index contributed by atoms with van der Waals surface area (Å²) in [6, 6.07) is 7.99. The Labute approximate surface area is 148 Å². The highest BCUT2D eigenvalue weighted by Crippen LogP contribution is 2.48. The van der Waals surface area contributed by atoms with E-state index < -0.39 is 5.97 Å². The molecule has 1 unspecified atom stereocenters. The van der Waals surface area contributed by atoms with E-state index in [2.05, 4.69) is 4.90 Å². The quantitative estimate of drug-likeness (QED) is 0.851. The van der Waals surface area contributed by atoms with Gasteiger partial charge in [0.05, 0.1) is 13.5 Å². The zero-order chi connectivity index (χ0) is 18.0. The predicted molar refractivity (Wildman–Crippen MR) is 93.7 cm³/mol. The molecule has 2 fully saturated rings. The fourth-order valence-electron chi connectivity index (χ4n) is 3.69. The molecular weight excluding hydrogens is 320 g/mol. The van der Waals surface area contributed by atoms with E-state index in [1.165, 1.54) is 5.56 Å². The summed E-state index contributed by atoms with van der Waals surface area (Å²) in [6.45, 7) is 4.82. The fraction of sp³-hybridized carbons (Fsp3) is 0.579. The normalized spacial score (nSPS) is 24.6. The van der Waals surface area contributed by atoms with E-state index in [9.17, 15) is 9.59 Å². The molecule has 0 aromatic heterocycles. The number of nitrogens with zero attached hydrogens (tertiary/aromatic N) is 2. The van der Waals surface area contributed by atoms with Crippen LogP contribution in [0.25, 0.3) is 0 Å². The molecule has 1 amide bonds. The number of methoxy groups -OCH3 is 1. The second-order valence-electron chi connectivity index (χ2n) is 7.03. The van der Waals surface area contributed by atoms with Crippen LogP contribution in [0.1, 0.15) is 31.2 Å². The van der Waals surface area contributed by atoms with Crippen LogP contribution in [0.3, 0.4) is 0 Å². The molecule has 1 aromatic carbocycles. The third-order valence-corrected chi connectivity index (χ3v) is 5.37.